The van der Waals surface area contributed by atoms with E-state index in [2.05, 4.69) is 16.3 Å². The van der Waals surface area contributed by atoms with Crippen LogP contribution in [0.2, 0.25) is 0 Å². The van der Waals surface area contributed by atoms with Crippen LogP contribution in [0.5, 0.6) is 0 Å². The van der Waals surface area contributed by atoms with Gasteiger partial charge in [0.25, 0.3) is 0 Å². The third kappa shape index (κ3) is 4.60. The molecule has 0 radical (unpaired) electrons. The molecule has 2 aliphatic heterocycles. The fourth-order valence-corrected chi connectivity index (χ4v) is 6.33. The molecule has 1 fully saturated rings. The maximum atomic E-state index is 12.8. The predicted octanol–water partition coefficient (Wildman–Crippen LogP) is 3.41. The summed E-state index contributed by atoms with van der Waals surface area (Å²) < 4.78 is 27.0. The minimum absolute atomic E-state index is 0.151. The van der Waals surface area contributed by atoms with Gasteiger partial charge in [-0.3, -0.25) is 4.79 Å². The largest absolute Gasteiger partial charge is 0.361 e. The number of sulfonamides is 1. The number of rotatable bonds is 5. The van der Waals surface area contributed by atoms with Gasteiger partial charge >= 0.3 is 0 Å². The van der Waals surface area contributed by atoms with Gasteiger partial charge in [0.15, 0.2) is 0 Å². The molecule has 0 atom stereocenters. The highest BCUT2D eigenvalue weighted by Gasteiger charge is 2.27. The second kappa shape index (κ2) is 8.77. The summed E-state index contributed by atoms with van der Waals surface area (Å²) in [5.74, 6) is 0.883. The van der Waals surface area contributed by atoms with E-state index in [1.807, 2.05) is 30.0 Å². The molecule has 2 aliphatic rings. The summed E-state index contributed by atoms with van der Waals surface area (Å²) in [5.41, 5.74) is 1.59. The van der Waals surface area contributed by atoms with E-state index in [4.69, 9.17) is 0 Å². The number of carbonyl (C=O) groups is 1. The Morgan fingerprint density at radius 1 is 1.00 bits per heavy atom. The molecule has 4 rings (SSSR count). The van der Waals surface area contributed by atoms with E-state index < -0.39 is 10.0 Å². The minimum Gasteiger partial charge on any atom is -0.361 e. The molecule has 0 aromatic heterocycles. The third-order valence-electron chi connectivity index (χ3n) is 5.19. The lowest BCUT2D eigenvalue weighted by atomic mass is 10.2. The van der Waals surface area contributed by atoms with Crippen LogP contribution in [0.1, 0.15) is 19.3 Å². The molecule has 1 saturated heterocycles. The van der Waals surface area contributed by atoms with Crippen molar-refractivity contribution in [2.45, 2.75) is 29.1 Å². The average Bonchev–Trinajstić information content (AvgIpc) is 3.19. The summed E-state index contributed by atoms with van der Waals surface area (Å²) >= 11 is 1.82. The molecule has 1 amide bonds. The van der Waals surface area contributed by atoms with E-state index >= 15 is 0 Å². The van der Waals surface area contributed by atoms with Gasteiger partial charge in [-0.1, -0.05) is 18.2 Å². The second-order valence-electron chi connectivity index (χ2n) is 7.28. The first kappa shape index (κ1) is 20.3. The number of para-hydroxylation sites is 1. The average molecular weight is 432 g/mol. The standard InChI is InChI=1S/C21H25N3O3S2/c25-21(16-23-11-6-14-28-20-10-2-1-9-19(20)23)22-17-7-5-8-18(15-17)29(26,27)24-12-3-4-13-24/h1-2,5,7-10,15H,3-4,6,11-14,16H2,(H,22,25). The van der Waals surface area contributed by atoms with Crippen molar-refractivity contribution < 1.29 is 13.2 Å². The molecule has 2 aromatic carbocycles. The molecule has 2 heterocycles. The van der Waals surface area contributed by atoms with Gasteiger partial charge in [0.05, 0.1) is 17.1 Å². The van der Waals surface area contributed by atoms with Crippen molar-refractivity contribution in [3.05, 3.63) is 48.5 Å². The lowest BCUT2D eigenvalue weighted by Gasteiger charge is -2.24. The second-order valence-corrected chi connectivity index (χ2v) is 10.4. The number of nitrogens with zero attached hydrogens (tertiary/aromatic N) is 2. The molecule has 8 heteroatoms. The van der Waals surface area contributed by atoms with Crippen LogP contribution in [0.25, 0.3) is 0 Å². The van der Waals surface area contributed by atoms with Crippen LogP contribution in [0.15, 0.2) is 58.3 Å². The molecule has 0 aliphatic carbocycles. The smallest absolute Gasteiger partial charge is 0.243 e. The number of fused-ring (bicyclic) bond motifs is 1. The number of thioether (sulfide) groups is 1. The first-order valence-electron chi connectivity index (χ1n) is 9.91. The van der Waals surface area contributed by atoms with Crippen molar-refractivity contribution >= 4 is 39.1 Å². The zero-order chi connectivity index (χ0) is 20.3. The fraction of sp³-hybridized carbons (Fsp3) is 0.381. The number of nitrogens with one attached hydrogen (secondary N) is 1. The van der Waals surface area contributed by atoms with Crippen LogP contribution >= 0.6 is 11.8 Å². The quantitative estimate of drug-likeness (QED) is 0.786. The minimum atomic E-state index is -3.50. The summed E-state index contributed by atoms with van der Waals surface area (Å²) in [4.78, 5) is 16.2. The van der Waals surface area contributed by atoms with Crippen molar-refractivity contribution in [1.29, 1.82) is 0 Å². The zero-order valence-electron chi connectivity index (χ0n) is 16.2. The van der Waals surface area contributed by atoms with Gasteiger partial charge in [0.1, 0.15) is 0 Å². The van der Waals surface area contributed by atoms with Crippen LogP contribution in [0.4, 0.5) is 11.4 Å². The fourth-order valence-electron chi connectivity index (χ4n) is 3.75. The number of carbonyl (C=O) groups excluding carboxylic acids is 1. The molecule has 6 nitrogen and oxygen atoms in total. The summed E-state index contributed by atoms with van der Waals surface area (Å²) in [5, 5.41) is 2.87. The van der Waals surface area contributed by atoms with Gasteiger partial charge in [0.2, 0.25) is 15.9 Å². The van der Waals surface area contributed by atoms with E-state index in [9.17, 15) is 13.2 Å². The maximum Gasteiger partial charge on any atom is 0.243 e. The van der Waals surface area contributed by atoms with Crippen LogP contribution in [0.3, 0.4) is 0 Å². The summed E-state index contributed by atoms with van der Waals surface area (Å²) in [6.45, 7) is 2.18. The SMILES string of the molecule is O=C(CN1CCCSc2ccccc21)Nc1cccc(S(=O)(=O)N2CCCC2)c1. The van der Waals surface area contributed by atoms with Gasteiger partial charge in [0, 0.05) is 30.2 Å². The molecule has 0 saturated carbocycles. The Bertz CT molecular complexity index is 988. The summed E-state index contributed by atoms with van der Waals surface area (Å²) in [6, 6.07) is 14.7. The lowest BCUT2D eigenvalue weighted by molar-refractivity contribution is -0.115. The molecule has 0 spiro atoms. The number of hydrogen-bond acceptors (Lipinski definition) is 5. The summed E-state index contributed by atoms with van der Waals surface area (Å²) in [7, 11) is -3.50. The molecule has 0 unspecified atom stereocenters. The third-order valence-corrected chi connectivity index (χ3v) is 8.23. The van der Waals surface area contributed by atoms with E-state index in [0.29, 0.717) is 18.8 Å². The Labute approximate surface area is 176 Å². The number of amides is 1. The zero-order valence-corrected chi connectivity index (χ0v) is 17.8. The Hall–Kier alpha value is -2.03. The molecular formula is C21H25N3O3S2. The van der Waals surface area contributed by atoms with Gasteiger partial charge < -0.3 is 10.2 Å². The van der Waals surface area contributed by atoms with Crippen molar-refractivity contribution in [2.75, 3.05) is 42.1 Å². The van der Waals surface area contributed by atoms with Crippen molar-refractivity contribution in [3.63, 3.8) is 0 Å². The van der Waals surface area contributed by atoms with E-state index in [1.54, 1.807) is 24.3 Å². The molecule has 0 bridgehead atoms. The summed E-state index contributed by atoms with van der Waals surface area (Å²) in [6.07, 6.45) is 2.80. The number of benzene rings is 2. The van der Waals surface area contributed by atoms with Gasteiger partial charge in [-0.25, -0.2) is 8.42 Å². The van der Waals surface area contributed by atoms with Crippen molar-refractivity contribution in [3.8, 4) is 0 Å². The predicted molar refractivity (Wildman–Crippen MR) is 117 cm³/mol. The monoisotopic (exact) mass is 431 g/mol. The normalized spacial score (nSPS) is 17.6. The van der Waals surface area contributed by atoms with E-state index in [1.165, 1.54) is 9.20 Å². The van der Waals surface area contributed by atoms with Crippen molar-refractivity contribution in [1.82, 2.24) is 4.31 Å². The van der Waals surface area contributed by atoms with Crippen LogP contribution in [0, 0.1) is 0 Å². The Kier molecular flexibility index (Phi) is 6.12. The molecule has 2 aromatic rings. The van der Waals surface area contributed by atoms with Gasteiger partial charge in [-0.2, -0.15) is 4.31 Å². The van der Waals surface area contributed by atoms with Crippen LogP contribution in [-0.4, -0.2) is 50.6 Å². The highest BCUT2D eigenvalue weighted by atomic mass is 32.2. The van der Waals surface area contributed by atoms with Crippen LogP contribution < -0.4 is 10.2 Å². The molecule has 29 heavy (non-hydrogen) atoms. The Morgan fingerprint density at radius 3 is 2.62 bits per heavy atom. The number of hydrogen-bond donors (Lipinski definition) is 1. The highest BCUT2D eigenvalue weighted by Crippen LogP contribution is 2.33. The van der Waals surface area contributed by atoms with E-state index in [-0.39, 0.29) is 17.3 Å². The van der Waals surface area contributed by atoms with E-state index in [0.717, 1.165) is 37.2 Å². The first-order valence-corrected chi connectivity index (χ1v) is 12.3. The van der Waals surface area contributed by atoms with Gasteiger partial charge in [-0.05, 0) is 55.3 Å². The first-order chi connectivity index (χ1) is 14.0. The Morgan fingerprint density at radius 2 is 1.79 bits per heavy atom. The Balaban J connectivity index is 1.47. The number of anilines is 2. The highest BCUT2D eigenvalue weighted by molar-refractivity contribution is 7.99. The van der Waals surface area contributed by atoms with Gasteiger partial charge in [-0.15, -0.1) is 11.8 Å². The van der Waals surface area contributed by atoms with Crippen LogP contribution in [-0.2, 0) is 14.8 Å². The van der Waals surface area contributed by atoms with Crippen molar-refractivity contribution in [2.24, 2.45) is 0 Å². The lowest BCUT2D eigenvalue weighted by Crippen LogP contribution is -2.34. The molecule has 154 valence electrons. The molecular weight excluding hydrogens is 406 g/mol. The molecule has 1 N–H and O–H groups in total. The topological polar surface area (TPSA) is 69.7 Å². The maximum absolute atomic E-state index is 12.8.